The first kappa shape index (κ1) is 15.2. The zero-order valence-corrected chi connectivity index (χ0v) is 9.55. The fourth-order valence-electron chi connectivity index (χ4n) is 1.03. The van der Waals surface area contributed by atoms with E-state index in [4.69, 9.17) is 5.73 Å². The lowest BCUT2D eigenvalue weighted by atomic mass is 10.0. The van der Waals surface area contributed by atoms with Crippen molar-refractivity contribution in [1.82, 2.24) is 5.32 Å². The van der Waals surface area contributed by atoms with Crippen LogP contribution in [-0.2, 0) is 9.53 Å². The molecule has 0 aliphatic rings. The van der Waals surface area contributed by atoms with Crippen LogP contribution in [0.5, 0.6) is 0 Å². The largest absolute Gasteiger partial charge is 0.468 e. The Kier molecular flexibility index (Phi) is 7.10. The summed E-state index contributed by atoms with van der Waals surface area (Å²) in [6, 6.07) is -0.977. The molecule has 94 valence electrons. The second kappa shape index (κ2) is 7.47. The lowest BCUT2D eigenvalue weighted by Gasteiger charge is -2.26. The minimum atomic E-state index is -1.54. The molecule has 0 saturated carbocycles. The van der Waals surface area contributed by atoms with Crippen LogP contribution in [0.3, 0.4) is 0 Å². The van der Waals surface area contributed by atoms with Gasteiger partial charge >= 0.3 is 0 Å². The highest BCUT2D eigenvalue weighted by Gasteiger charge is 2.30. The second-order valence-corrected chi connectivity index (χ2v) is 3.53. The van der Waals surface area contributed by atoms with Crippen LogP contribution in [0, 0.1) is 0 Å². The van der Waals surface area contributed by atoms with Crippen molar-refractivity contribution in [3.05, 3.63) is 0 Å². The second-order valence-electron chi connectivity index (χ2n) is 3.13. The molecular formula is C8H16N2O5S. The first-order valence-corrected chi connectivity index (χ1v) is 4.93. The van der Waals surface area contributed by atoms with Gasteiger partial charge in [-0.3, -0.25) is 0 Å². The van der Waals surface area contributed by atoms with Crippen molar-refractivity contribution >= 4 is 23.7 Å². The van der Waals surface area contributed by atoms with Gasteiger partial charge in [0.25, 0.3) is 5.17 Å². The molecule has 16 heavy (non-hydrogen) atoms. The summed E-state index contributed by atoms with van der Waals surface area (Å²) in [5.74, 6) is 0. The number of rotatable bonds is 7. The summed E-state index contributed by atoms with van der Waals surface area (Å²) in [7, 11) is 1.44. The van der Waals surface area contributed by atoms with Crippen LogP contribution in [0.4, 0.5) is 0 Å². The first-order valence-electron chi connectivity index (χ1n) is 4.53. The van der Waals surface area contributed by atoms with E-state index in [-0.39, 0.29) is 11.8 Å². The zero-order valence-electron chi connectivity index (χ0n) is 8.74. The molecule has 0 aromatic rings. The molecule has 7 nitrogen and oxygen atoms in total. The van der Waals surface area contributed by atoms with Gasteiger partial charge in [0.15, 0.2) is 0 Å². The van der Waals surface area contributed by atoms with Crippen LogP contribution < -0.4 is 11.1 Å². The molecule has 0 saturated heterocycles. The number of thiocarbonyl (C=S) groups is 1. The standard InChI is InChI=1S/C8H16N2O5S/c1-10-4(2-11)6(13)7(14)5(12)3-15-8(9)16/h2,4-7,10,12-14H,3H2,1H3,(H2,9,16)/t4-,5+,6+,7+/m0/s1. The number of hydrogen-bond acceptors (Lipinski definition) is 7. The molecule has 8 heteroatoms. The van der Waals surface area contributed by atoms with Crippen molar-refractivity contribution in [3.8, 4) is 0 Å². The van der Waals surface area contributed by atoms with Gasteiger partial charge in [0, 0.05) is 0 Å². The van der Waals surface area contributed by atoms with E-state index in [0.717, 1.165) is 0 Å². The molecule has 0 aliphatic heterocycles. The highest BCUT2D eigenvalue weighted by Crippen LogP contribution is 2.04. The molecule has 0 heterocycles. The number of aliphatic hydroxyl groups excluding tert-OH is 3. The van der Waals surface area contributed by atoms with Gasteiger partial charge in [-0.15, -0.1) is 0 Å². The van der Waals surface area contributed by atoms with Crippen molar-refractivity contribution in [1.29, 1.82) is 0 Å². The SMILES string of the molecule is CN[C@@H](C=O)[C@@H](O)[C@H](O)[C@H](O)COC(N)=S. The number of aliphatic hydroxyl groups is 3. The fourth-order valence-corrected chi connectivity index (χ4v) is 1.09. The lowest BCUT2D eigenvalue weighted by molar-refractivity contribution is -0.119. The maximum Gasteiger partial charge on any atom is 0.254 e. The van der Waals surface area contributed by atoms with Crippen LogP contribution in [-0.4, -0.2) is 64.8 Å². The van der Waals surface area contributed by atoms with Crippen molar-refractivity contribution in [3.63, 3.8) is 0 Å². The minimum Gasteiger partial charge on any atom is -0.468 e. The highest BCUT2D eigenvalue weighted by molar-refractivity contribution is 7.80. The summed E-state index contributed by atoms with van der Waals surface area (Å²) in [4.78, 5) is 10.5. The number of likely N-dealkylation sites (N-methyl/N-ethyl adjacent to an activating group) is 1. The van der Waals surface area contributed by atoms with E-state index in [1.165, 1.54) is 7.05 Å². The molecule has 0 spiro atoms. The topological polar surface area (TPSA) is 125 Å². The number of nitrogens with two attached hydrogens (primary N) is 1. The maximum atomic E-state index is 10.5. The Hall–Kier alpha value is -0.800. The Bertz CT molecular complexity index is 240. The number of carbonyl (C=O) groups is 1. The summed E-state index contributed by atoms with van der Waals surface area (Å²) in [5.41, 5.74) is 5.01. The smallest absolute Gasteiger partial charge is 0.254 e. The van der Waals surface area contributed by atoms with Crippen LogP contribution in [0.1, 0.15) is 0 Å². The van der Waals surface area contributed by atoms with Crippen LogP contribution >= 0.6 is 12.2 Å². The molecule has 0 aromatic heterocycles. The Morgan fingerprint density at radius 3 is 2.44 bits per heavy atom. The van der Waals surface area contributed by atoms with E-state index in [2.05, 4.69) is 22.3 Å². The van der Waals surface area contributed by atoms with Crippen LogP contribution in [0.25, 0.3) is 0 Å². The van der Waals surface area contributed by atoms with Gasteiger partial charge in [-0.05, 0) is 19.3 Å². The Labute approximate surface area is 98.2 Å². The quantitative estimate of drug-likeness (QED) is 0.242. The van der Waals surface area contributed by atoms with Gasteiger partial charge in [-0.25, -0.2) is 0 Å². The summed E-state index contributed by atoms with van der Waals surface area (Å²) in [6.45, 7) is -0.358. The lowest BCUT2D eigenvalue weighted by Crippen LogP contribution is -2.51. The van der Waals surface area contributed by atoms with Crippen LogP contribution in [0.15, 0.2) is 0 Å². The fraction of sp³-hybridized carbons (Fsp3) is 0.750. The molecule has 0 radical (unpaired) electrons. The van der Waals surface area contributed by atoms with Gasteiger partial charge in [0.05, 0.1) is 6.04 Å². The van der Waals surface area contributed by atoms with Gasteiger partial charge in [-0.1, -0.05) is 0 Å². The molecule has 0 amide bonds. The third-order valence-corrected chi connectivity index (χ3v) is 2.11. The summed E-state index contributed by atoms with van der Waals surface area (Å²) in [5, 5.41) is 30.5. The Morgan fingerprint density at radius 1 is 1.50 bits per heavy atom. The van der Waals surface area contributed by atoms with E-state index < -0.39 is 24.4 Å². The molecule has 4 atom stereocenters. The summed E-state index contributed by atoms with van der Waals surface area (Å²) < 4.78 is 4.60. The van der Waals surface area contributed by atoms with Gasteiger partial charge < -0.3 is 35.9 Å². The first-order chi connectivity index (χ1) is 7.43. The monoisotopic (exact) mass is 252 g/mol. The van der Waals surface area contributed by atoms with E-state index in [1.807, 2.05) is 0 Å². The molecule has 0 bridgehead atoms. The summed E-state index contributed by atoms with van der Waals surface area (Å²) in [6.07, 6.45) is -3.97. The Morgan fingerprint density at radius 2 is 2.06 bits per heavy atom. The Balaban J connectivity index is 4.24. The van der Waals surface area contributed by atoms with Crippen molar-refractivity contribution in [2.75, 3.05) is 13.7 Å². The van der Waals surface area contributed by atoms with Crippen molar-refractivity contribution < 1.29 is 24.9 Å². The van der Waals surface area contributed by atoms with E-state index >= 15 is 0 Å². The third-order valence-electron chi connectivity index (χ3n) is 1.99. The van der Waals surface area contributed by atoms with Gasteiger partial charge in [0.1, 0.15) is 31.2 Å². The number of ether oxygens (including phenoxy) is 1. The van der Waals surface area contributed by atoms with E-state index in [0.29, 0.717) is 6.29 Å². The van der Waals surface area contributed by atoms with Crippen molar-refractivity contribution in [2.45, 2.75) is 24.4 Å². The van der Waals surface area contributed by atoms with Gasteiger partial charge in [-0.2, -0.15) is 0 Å². The number of nitrogens with one attached hydrogen (secondary N) is 1. The normalized spacial score (nSPS) is 18.2. The van der Waals surface area contributed by atoms with Gasteiger partial charge in [0.2, 0.25) is 0 Å². The maximum absolute atomic E-state index is 10.5. The molecule has 0 aliphatic carbocycles. The molecular weight excluding hydrogens is 236 g/mol. The summed E-state index contributed by atoms with van der Waals surface area (Å²) >= 11 is 4.40. The van der Waals surface area contributed by atoms with Crippen LogP contribution in [0.2, 0.25) is 0 Å². The average molecular weight is 252 g/mol. The number of hydrogen-bond donors (Lipinski definition) is 5. The van der Waals surface area contributed by atoms with E-state index in [9.17, 15) is 20.1 Å². The molecule has 0 aromatic carbocycles. The molecule has 0 fully saturated rings. The number of carbonyl (C=O) groups excluding carboxylic acids is 1. The van der Waals surface area contributed by atoms with Crippen molar-refractivity contribution in [2.24, 2.45) is 5.73 Å². The highest BCUT2D eigenvalue weighted by atomic mass is 32.1. The predicted molar refractivity (Wildman–Crippen MR) is 59.7 cm³/mol. The predicted octanol–water partition coefficient (Wildman–Crippen LogP) is -2.88. The zero-order chi connectivity index (χ0) is 12.7. The minimum absolute atomic E-state index is 0.277. The molecule has 0 unspecified atom stereocenters. The molecule has 6 N–H and O–H groups in total. The number of aldehydes is 1. The van der Waals surface area contributed by atoms with E-state index in [1.54, 1.807) is 0 Å². The third kappa shape index (κ3) is 4.81. The average Bonchev–Trinajstić information content (AvgIpc) is 2.26. The molecule has 0 rings (SSSR count).